The molecule has 9 aromatic rings. The zero-order chi connectivity index (χ0) is 40.0. The fraction of sp³-hybridized carbons (Fsp3) is 0. The van der Waals surface area contributed by atoms with Gasteiger partial charge in [-0.25, -0.2) is 16.8 Å². The number of fused-ring (bicyclic) bond motifs is 6. The fourth-order valence-corrected chi connectivity index (χ4v) is 12.8. The first-order valence-electron chi connectivity index (χ1n) is 18.9. The van der Waals surface area contributed by atoms with E-state index in [1.807, 2.05) is 137 Å². The van der Waals surface area contributed by atoms with Crippen LogP contribution in [0.2, 0.25) is 0 Å². The molecule has 7 nitrogen and oxygen atoms in total. The van der Waals surface area contributed by atoms with E-state index in [0.717, 1.165) is 43.0 Å². The van der Waals surface area contributed by atoms with E-state index >= 15 is 0 Å². The molecule has 0 spiro atoms. The summed E-state index contributed by atoms with van der Waals surface area (Å²) in [6.07, 6.45) is 0. The Bertz CT molecular complexity index is 3400. The van der Waals surface area contributed by atoms with Crippen molar-refractivity contribution in [1.82, 2.24) is 0 Å². The predicted octanol–water partition coefficient (Wildman–Crippen LogP) is 12.0. The van der Waals surface area contributed by atoms with Crippen molar-refractivity contribution < 1.29 is 16.8 Å². The van der Waals surface area contributed by atoms with Gasteiger partial charge in [0.25, 0.3) is 0 Å². The Balaban J connectivity index is 0.943. The van der Waals surface area contributed by atoms with Crippen molar-refractivity contribution in [2.24, 2.45) is 0 Å². The number of sulfone groups is 2. The van der Waals surface area contributed by atoms with Crippen LogP contribution in [0.4, 0.5) is 34.1 Å². The molecule has 0 saturated heterocycles. The molecular weight excluding hydrogens is 793 g/mol. The van der Waals surface area contributed by atoms with Crippen molar-refractivity contribution >= 4 is 85.3 Å². The highest BCUT2D eigenvalue weighted by Gasteiger charge is 2.36. The number of rotatable bonds is 4. The molecule has 0 radical (unpaired) electrons. The molecule has 3 heterocycles. The van der Waals surface area contributed by atoms with Crippen LogP contribution in [0, 0.1) is 0 Å². The highest BCUT2D eigenvalue weighted by Crippen LogP contribution is 2.50. The maximum absolute atomic E-state index is 14.3. The smallest absolute Gasteiger partial charge is 0.210 e. The van der Waals surface area contributed by atoms with Crippen LogP contribution in [0.5, 0.6) is 0 Å². The minimum Gasteiger partial charge on any atom is -0.308 e. The van der Waals surface area contributed by atoms with Gasteiger partial charge in [0.2, 0.25) is 19.7 Å². The predicted molar refractivity (Wildman–Crippen MR) is 237 cm³/mol. The third-order valence-corrected chi connectivity index (χ3v) is 16.0. The van der Waals surface area contributed by atoms with Crippen LogP contribution in [0.1, 0.15) is 0 Å². The van der Waals surface area contributed by atoms with Gasteiger partial charge < -0.3 is 9.80 Å². The van der Waals surface area contributed by atoms with Gasteiger partial charge in [0.15, 0.2) is 5.43 Å². The number of nitrogens with zero attached hydrogens (tertiary/aromatic N) is 2. The lowest BCUT2D eigenvalue weighted by Gasteiger charge is -2.33. The summed E-state index contributed by atoms with van der Waals surface area (Å²) >= 11 is 1.57. The minimum atomic E-state index is -3.68. The van der Waals surface area contributed by atoms with E-state index in [1.165, 1.54) is 0 Å². The number of hydrogen-bond acceptors (Lipinski definition) is 8. The number of anilines is 6. The molecule has 0 saturated carbocycles. The molecule has 0 bridgehead atoms. The monoisotopic (exact) mass is 822 g/mol. The first-order valence-corrected chi connectivity index (χ1v) is 22.7. The van der Waals surface area contributed by atoms with Crippen molar-refractivity contribution in [3.8, 4) is 22.3 Å². The standard InChI is InChI=1S/C49H30N2O5S3/c52-49-37-29-24-33(31-20-25-34(26-21-31)50-38-11-1-5-16-44(38)58(53,54)45-17-6-2-12-39(45)50)30-43(37)57-42-15-9-10-36(48(42)49)32-22-27-35(28-23-32)51-40-13-3-7-18-46(40)59(55,56)47-19-8-4-14-41(47)51/h1-30H. The molecular formula is C49H30N2O5S3. The lowest BCUT2D eigenvalue weighted by Crippen LogP contribution is -2.21. The molecule has 2 aliphatic heterocycles. The largest absolute Gasteiger partial charge is 0.308 e. The van der Waals surface area contributed by atoms with Crippen molar-refractivity contribution in [2.45, 2.75) is 19.6 Å². The molecule has 0 unspecified atom stereocenters. The Kier molecular flexibility index (Phi) is 7.83. The van der Waals surface area contributed by atoms with Gasteiger partial charge in [-0.1, -0.05) is 91.0 Å². The number of hydrogen-bond donors (Lipinski definition) is 0. The van der Waals surface area contributed by atoms with Crippen LogP contribution in [-0.2, 0) is 19.7 Å². The Hall–Kier alpha value is -6.85. The molecule has 0 aliphatic carbocycles. The molecule has 11 rings (SSSR count). The third kappa shape index (κ3) is 5.34. The summed E-state index contributed by atoms with van der Waals surface area (Å²) < 4.78 is 55.8. The molecule has 0 N–H and O–H groups in total. The van der Waals surface area contributed by atoms with Crippen LogP contribution in [0.15, 0.2) is 206 Å². The Morgan fingerprint density at radius 2 is 0.814 bits per heavy atom. The van der Waals surface area contributed by atoms with E-state index in [4.69, 9.17) is 0 Å². The zero-order valence-electron chi connectivity index (χ0n) is 31.0. The van der Waals surface area contributed by atoms with Gasteiger partial charge >= 0.3 is 0 Å². The zero-order valence-corrected chi connectivity index (χ0v) is 33.4. The fourth-order valence-electron chi connectivity index (χ4n) is 8.44. The van der Waals surface area contributed by atoms with Crippen molar-refractivity contribution in [1.29, 1.82) is 0 Å². The molecule has 2 aliphatic rings. The Morgan fingerprint density at radius 3 is 1.29 bits per heavy atom. The Morgan fingerprint density at radius 1 is 0.390 bits per heavy atom. The molecule has 59 heavy (non-hydrogen) atoms. The van der Waals surface area contributed by atoms with Crippen LogP contribution >= 0.6 is 11.3 Å². The molecule has 1 aromatic heterocycles. The van der Waals surface area contributed by atoms with Crippen molar-refractivity contribution in [2.75, 3.05) is 9.80 Å². The topological polar surface area (TPSA) is 91.8 Å². The van der Waals surface area contributed by atoms with Gasteiger partial charge in [-0.05, 0) is 113 Å². The summed E-state index contributed by atoms with van der Waals surface area (Å²) in [5, 5.41) is 1.29. The molecule has 0 amide bonds. The Labute approximate surface area is 344 Å². The van der Waals surface area contributed by atoms with Gasteiger partial charge in [0.05, 0.1) is 42.3 Å². The first-order chi connectivity index (χ1) is 28.7. The average molecular weight is 823 g/mol. The van der Waals surface area contributed by atoms with E-state index in [1.54, 1.807) is 59.9 Å². The normalized spacial score (nSPS) is 14.6. The SMILES string of the molecule is O=c1c2ccc(-c3ccc(N4c5ccccc5S(=O)(=O)c5ccccc54)cc3)cc2sc2cccc(-c3ccc(N4c5ccccc5S(=O)(=O)c5ccccc54)cc3)c12. The summed E-state index contributed by atoms with van der Waals surface area (Å²) in [4.78, 5) is 19.4. The maximum Gasteiger partial charge on any atom is 0.210 e. The quantitative estimate of drug-likeness (QED) is 0.163. The molecule has 284 valence electrons. The van der Waals surface area contributed by atoms with E-state index in [2.05, 4.69) is 6.07 Å². The third-order valence-electron chi connectivity index (χ3n) is 11.2. The van der Waals surface area contributed by atoms with E-state index in [-0.39, 0.29) is 25.0 Å². The number of para-hydroxylation sites is 4. The van der Waals surface area contributed by atoms with Gasteiger partial charge in [0, 0.05) is 31.5 Å². The molecule has 0 fully saturated rings. The highest BCUT2D eigenvalue weighted by molar-refractivity contribution is 7.92. The maximum atomic E-state index is 14.3. The molecule has 0 atom stereocenters. The molecule has 10 heteroatoms. The van der Waals surface area contributed by atoms with Crippen LogP contribution in [0.25, 0.3) is 42.4 Å². The van der Waals surface area contributed by atoms with E-state index < -0.39 is 19.7 Å². The van der Waals surface area contributed by atoms with Crippen molar-refractivity contribution in [3.63, 3.8) is 0 Å². The van der Waals surface area contributed by atoms with Gasteiger partial charge in [-0.15, -0.1) is 11.3 Å². The van der Waals surface area contributed by atoms with Crippen LogP contribution in [-0.4, -0.2) is 16.8 Å². The lowest BCUT2D eigenvalue weighted by atomic mass is 9.99. The second kappa shape index (κ2) is 13.1. The average Bonchev–Trinajstić information content (AvgIpc) is 3.27. The molecule has 8 aromatic carbocycles. The minimum absolute atomic E-state index is 0.0446. The summed E-state index contributed by atoms with van der Waals surface area (Å²) in [5.74, 6) is 0. The summed E-state index contributed by atoms with van der Waals surface area (Å²) in [7, 11) is -7.34. The summed E-state index contributed by atoms with van der Waals surface area (Å²) in [5.41, 5.74) is 7.61. The lowest BCUT2D eigenvalue weighted by molar-refractivity contribution is 0.593. The second-order valence-corrected chi connectivity index (χ2v) is 19.3. The van der Waals surface area contributed by atoms with Crippen LogP contribution < -0.4 is 15.2 Å². The summed E-state index contributed by atoms with van der Waals surface area (Å²) in [6, 6.07) is 56.0. The second-order valence-electron chi connectivity index (χ2n) is 14.5. The van der Waals surface area contributed by atoms with E-state index in [9.17, 15) is 21.6 Å². The van der Waals surface area contributed by atoms with Gasteiger partial charge in [-0.3, -0.25) is 4.79 Å². The first kappa shape index (κ1) is 35.3. The summed E-state index contributed by atoms with van der Waals surface area (Å²) in [6.45, 7) is 0. The van der Waals surface area contributed by atoms with Crippen molar-refractivity contribution in [3.05, 3.63) is 192 Å². The van der Waals surface area contributed by atoms with Crippen LogP contribution in [0.3, 0.4) is 0 Å². The number of benzene rings is 8. The highest BCUT2D eigenvalue weighted by atomic mass is 32.2. The van der Waals surface area contributed by atoms with Gasteiger partial charge in [0.1, 0.15) is 0 Å². The van der Waals surface area contributed by atoms with Gasteiger partial charge in [-0.2, -0.15) is 0 Å². The van der Waals surface area contributed by atoms with E-state index in [0.29, 0.717) is 33.5 Å².